The van der Waals surface area contributed by atoms with Crippen molar-refractivity contribution in [1.29, 1.82) is 0 Å². The molecule has 0 amide bonds. The number of hydrogen-bond acceptors (Lipinski definition) is 2. The molecule has 0 radical (unpaired) electrons. The van der Waals surface area contributed by atoms with E-state index in [1.54, 1.807) is 0 Å². The first kappa shape index (κ1) is 18.6. The standard InChI is InChI=1S/C8H15.C4H6O4.Al.2H/c1-3-5-7-8-6-4-2;5-3(6)1-2-4(7)8;;;/h1,3H,4-8H2,2H3;1-2H2,(H,5,6)(H,7,8);;;. The van der Waals surface area contributed by atoms with Gasteiger partial charge < -0.3 is 10.2 Å². The number of carboxylic acid groups (broad SMARTS) is 2. The van der Waals surface area contributed by atoms with Gasteiger partial charge in [0.2, 0.25) is 16.3 Å². The van der Waals surface area contributed by atoms with E-state index in [1.165, 1.54) is 48.4 Å². The van der Waals surface area contributed by atoms with Crippen LogP contribution in [0.5, 0.6) is 0 Å². The summed E-state index contributed by atoms with van der Waals surface area (Å²) in [6.07, 6.45) is 8.60. The van der Waals surface area contributed by atoms with Crippen LogP contribution in [0.1, 0.15) is 51.9 Å². The van der Waals surface area contributed by atoms with Gasteiger partial charge in [-0.3, -0.25) is 9.59 Å². The summed E-state index contributed by atoms with van der Waals surface area (Å²) in [5.74, 6) is -2.15. The van der Waals surface area contributed by atoms with Crippen molar-refractivity contribution in [3.05, 3.63) is 11.0 Å². The van der Waals surface area contributed by atoms with Gasteiger partial charge in [-0.2, -0.15) is 4.94 Å². The van der Waals surface area contributed by atoms with E-state index in [1.807, 2.05) is 0 Å². The van der Waals surface area contributed by atoms with Crippen LogP contribution in [0.4, 0.5) is 0 Å². The minimum absolute atomic E-state index is 0.296. The maximum atomic E-state index is 9.64. The maximum Gasteiger partial charge on any atom is 0.303 e. The zero-order valence-electron chi connectivity index (χ0n) is 10.8. The number of carbonyl (C=O) groups is 2. The number of hydrogen-bond donors (Lipinski definition) is 2. The molecule has 0 heterocycles. The third kappa shape index (κ3) is 25.5. The molecule has 0 saturated heterocycles. The predicted molar refractivity (Wildman–Crippen MR) is 70.9 cm³/mol. The molecule has 0 spiro atoms. The van der Waals surface area contributed by atoms with Crippen LogP contribution in [-0.2, 0) is 9.59 Å². The van der Waals surface area contributed by atoms with Crippen LogP contribution < -0.4 is 0 Å². The summed E-state index contributed by atoms with van der Waals surface area (Å²) in [6.45, 7) is 2.25. The second kappa shape index (κ2) is 15.2. The lowest BCUT2D eigenvalue weighted by Crippen LogP contribution is -2.00. The molecule has 0 unspecified atom stereocenters. The average molecular weight is 258 g/mol. The van der Waals surface area contributed by atoms with Crippen molar-refractivity contribution in [3.8, 4) is 0 Å². The van der Waals surface area contributed by atoms with Crippen LogP contribution in [0.25, 0.3) is 0 Å². The molecule has 0 bridgehead atoms. The topological polar surface area (TPSA) is 74.6 Å². The third-order valence-electron chi connectivity index (χ3n) is 2.01. The molecule has 0 aliphatic carbocycles. The number of allylic oxidation sites excluding steroid dienone is 1. The predicted octanol–water partition coefficient (Wildman–Crippen LogP) is 2.04. The van der Waals surface area contributed by atoms with E-state index in [2.05, 4.69) is 17.9 Å². The highest BCUT2D eigenvalue weighted by Gasteiger charge is 2.00. The Balaban J connectivity index is 0. The molecule has 0 aromatic rings. The van der Waals surface area contributed by atoms with Crippen LogP contribution >= 0.6 is 0 Å². The zero-order chi connectivity index (χ0) is 13.5. The summed E-state index contributed by atoms with van der Waals surface area (Å²) in [7, 11) is 0. The van der Waals surface area contributed by atoms with Gasteiger partial charge in [0, 0.05) is 0 Å². The van der Waals surface area contributed by atoms with Crippen molar-refractivity contribution in [3.63, 3.8) is 0 Å². The van der Waals surface area contributed by atoms with Crippen LogP contribution in [-0.4, -0.2) is 38.4 Å². The fourth-order valence-electron chi connectivity index (χ4n) is 1.07. The van der Waals surface area contributed by atoms with E-state index >= 15 is 0 Å². The van der Waals surface area contributed by atoms with Gasteiger partial charge in [-0.05, 0) is 12.8 Å². The van der Waals surface area contributed by atoms with Gasteiger partial charge in [0.25, 0.3) is 0 Å². The zero-order valence-corrected chi connectivity index (χ0v) is 12.8. The Bertz CT molecular complexity index is 213. The van der Waals surface area contributed by atoms with Gasteiger partial charge in [-0.25, -0.2) is 0 Å². The van der Waals surface area contributed by atoms with Crippen molar-refractivity contribution in [2.45, 2.75) is 51.9 Å². The molecular formula is C12H23AlO4. The summed E-state index contributed by atoms with van der Waals surface area (Å²) >= 11 is 1.23. The molecule has 0 rings (SSSR count). The summed E-state index contributed by atoms with van der Waals surface area (Å²) in [4.78, 5) is 21.6. The summed E-state index contributed by atoms with van der Waals surface area (Å²) in [5, 5.41) is 15.8. The Morgan fingerprint density at radius 2 is 1.59 bits per heavy atom. The first-order chi connectivity index (χ1) is 8.04. The fraction of sp³-hybridized carbons (Fsp3) is 0.667. The summed E-state index contributed by atoms with van der Waals surface area (Å²) in [6, 6.07) is 0. The second-order valence-electron chi connectivity index (χ2n) is 3.71. The van der Waals surface area contributed by atoms with E-state index in [0.717, 1.165) is 0 Å². The monoisotopic (exact) mass is 258 g/mol. The average Bonchev–Trinajstić information content (AvgIpc) is 2.27. The van der Waals surface area contributed by atoms with Crippen LogP contribution in [0.15, 0.2) is 11.0 Å². The van der Waals surface area contributed by atoms with Gasteiger partial charge in [0.05, 0.1) is 12.8 Å². The molecule has 0 fully saturated rings. The number of aliphatic carboxylic acids is 2. The maximum absolute atomic E-state index is 9.64. The van der Waals surface area contributed by atoms with Gasteiger partial charge in [0.1, 0.15) is 0 Å². The Labute approximate surface area is 111 Å². The quantitative estimate of drug-likeness (QED) is 0.516. The Hall–Kier alpha value is -0.788. The van der Waals surface area contributed by atoms with E-state index in [0.29, 0.717) is 0 Å². The highest BCUT2D eigenvalue weighted by Crippen LogP contribution is 2.01. The van der Waals surface area contributed by atoms with Crippen LogP contribution in [0.2, 0.25) is 0 Å². The molecule has 0 saturated carbocycles. The molecule has 0 aromatic carbocycles. The fourth-order valence-corrected chi connectivity index (χ4v) is 1.40. The number of unbranched alkanes of at least 4 members (excludes halogenated alkanes) is 4. The third-order valence-corrected chi connectivity index (χ3v) is 2.48. The highest BCUT2D eigenvalue weighted by atomic mass is 27.0. The Morgan fingerprint density at radius 3 is 1.94 bits per heavy atom. The van der Waals surface area contributed by atoms with Gasteiger partial charge in [-0.1, -0.05) is 26.2 Å². The molecule has 0 atom stereocenters. The minimum Gasteiger partial charge on any atom is -0.481 e. The van der Waals surface area contributed by atoms with Gasteiger partial charge in [0.15, 0.2) is 0 Å². The second-order valence-corrected chi connectivity index (χ2v) is 4.37. The first-order valence-electron chi connectivity index (χ1n) is 6.09. The molecule has 17 heavy (non-hydrogen) atoms. The molecule has 5 heteroatoms. The van der Waals surface area contributed by atoms with Gasteiger partial charge >= 0.3 is 11.9 Å². The molecule has 0 aliphatic rings. The molecule has 0 aromatic heterocycles. The molecular weight excluding hydrogens is 235 g/mol. The van der Waals surface area contributed by atoms with Crippen LogP contribution in [0, 0.1) is 0 Å². The molecule has 98 valence electrons. The highest BCUT2D eigenvalue weighted by molar-refractivity contribution is 6.16. The normalized spacial score (nSPS) is 9.71. The van der Waals surface area contributed by atoms with Crippen molar-refractivity contribution < 1.29 is 19.8 Å². The molecule has 4 nitrogen and oxygen atoms in total. The lowest BCUT2D eigenvalue weighted by atomic mass is 10.2. The van der Waals surface area contributed by atoms with Crippen molar-refractivity contribution >= 4 is 28.2 Å². The SMILES string of the molecule is CCCCCCC=[CH][AlH2].O=C(O)CCC(=O)O. The first-order valence-corrected chi connectivity index (χ1v) is 7.24. The van der Waals surface area contributed by atoms with E-state index in [4.69, 9.17) is 10.2 Å². The van der Waals surface area contributed by atoms with E-state index in [9.17, 15) is 9.59 Å². The summed E-state index contributed by atoms with van der Waals surface area (Å²) in [5.41, 5.74) is 0. The minimum atomic E-state index is -1.08. The lowest BCUT2D eigenvalue weighted by Gasteiger charge is -1.92. The van der Waals surface area contributed by atoms with E-state index in [-0.39, 0.29) is 12.8 Å². The molecule has 0 aliphatic heterocycles. The smallest absolute Gasteiger partial charge is 0.303 e. The summed E-state index contributed by atoms with van der Waals surface area (Å²) < 4.78 is 0. The van der Waals surface area contributed by atoms with Crippen molar-refractivity contribution in [2.75, 3.05) is 0 Å². The van der Waals surface area contributed by atoms with Crippen LogP contribution in [0.3, 0.4) is 0 Å². The lowest BCUT2D eigenvalue weighted by molar-refractivity contribution is -0.143. The van der Waals surface area contributed by atoms with Gasteiger partial charge in [-0.15, -0.1) is 6.08 Å². The van der Waals surface area contributed by atoms with Crippen molar-refractivity contribution in [1.82, 2.24) is 0 Å². The molecule has 2 N–H and O–H groups in total. The van der Waals surface area contributed by atoms with Crippen molar-refractivity contribution in [2.24, 2.45) is 0 Å². The Kier molecular flexibility index (Phi) is 16.6. The Morgan fingerprint density at radius 1 is 1.06 bits per heavy atom. The number of rotatable bonds is 8. The number of carboxylic acids is 2. The largest absolute Gasteiger partial charge is 0.481 e. The van der Waals surface area contributed by atoms with E-state index < -0.39 is 11.9 Å².